The van der Waals surface area contributed by atoms with Gasteiger partial charge in [0.25, 0.3) is 0 Å². The zero-order chi connectivity index (χ0) is 18.1. The molecule has 0 amide bonds. The van der Waals surface area contributed by atoms with Crippen LogP contribution in [-0.2, 0) is 18.3 Å². The molecule has 1 saturated heterocycles. The zero-order valence-corrected chi connectivity index (χ0v) is 18.8. The predicted molar refractivity (Wildman–Crippen MR) is 115 cm³/mol. The molecule has 150 valence electrons. The fourth-order valence-corrected chi connectivity index (χ4v) is 2.55. The minimum Gasteiger partial charge on any atom is -0.379 e. The number of hydrogen-bond acceptors (Lipinski definition) is 5. The molecule has 0 bridgehead atoms. The van der Waals surface area contributed by atoms with Gasteiger partial charge in [-0.05, 0) is 19.3 Å². The monoisotopic (exact) mass is 479 g/mol. The van der Waals surface area contributed by atoms with Gasteiger partial charge in [-0.15, -0.1) is 34.2 Å². The lowest BCUT2D eigenvalue weighted by molar-refractivity contribution is 0.0389. The van der Waals surface area contributed by atoms with Gasteiger partial charge < -0.3 is 19.9 Å². The van der Waals surface area contributed by atoms with E-state index in [1.165, 1.54) is 0 Å². The van der Waals surface area contributed by atoms with E-state index in [1.54, 1.807) is 0 Å². The third kappa shape index (κ3) is 8.17. The normalized spacial score (nSPS) is 15.8. The number of nitrogens with zero attached hydrogens (tertiary/aromatic N) is 5. The Morgan fingerprint density at radius 1 is 1.19 bits per heavy atom. The van der Waals surface area contributed by atoms with Crippen LogP contribution in [0.4, 0.5) is 0 Å². The molecule has 1 aliphatic rings. The second-order valence-corrected chi connectivity index (χ2v) is 6.88. The fourth-order valence-electron chi connectivity index (χ4n) is 2.55. The van der Waals surface area contributed by atoms with Crippen LogP contribution in [0, 0.1) is 12.8 Å². The summed E-state index contributed by atoms with van der Waals surface area (Å²) in [6, 6.07) is 0. The molecular weight excluding hydrogens is 445 g/mol. The number of aromatic nitrogens is 3. The van der Waals surface area contributed by atoms with Gasteiger partial charge in [0.05, 0.1) is 13.2 Å². The van der Waals surface area contributed by atoms with Crippen molar-refractivity contribution in [3.8, 4) is 0 Å². The van der Waals surface area contributed by atoms with Gasteiger partial charge in [0.15, 0.2) is 11.8 Å². The van der Waals surface area contributed by atoms with Crippen LogP contribution in [0.25, 0.3) is 0 Å². The van der Waals surface area contributed by atoms with Crippen LogP contribution in [0.1, 0.15) is 31.9 Å². The van der Waals surface area contributed by atoms with Gasteiger partial charge in [0, 0.05) is 39.8 Å². The highest BCUT2D eigenvalue weighted by atomic mass is 127. The number of aliphatic imine (C=N–C) groups is 1. The molecule has 1 aliphatic heterocycles. The summed E-state index contributed by atoms with van der Waals surface area (Å²) in [5.74, 6) is 3.29. The maximum Gasteiger partial charge on any atom is 0.191 e. The summed E-state index contributed by atoms with van der Waals surface area (Å²) in [7, 11) is 1.97. The van der Waals surface area contributed by atoms with E-state index in [1.807, 2.05) is 18.5 Å². The lowest BCUT2D eigenvalue weighted by Gasteiger charge is -2.26. The Labute approximate surface area is 174 Å². The topological polar surface area (TPSA) is 79.6 Å². The Hall–Kier alpha value is -0.940. The molecule has 1 aromatic heterocycles. The Bertz CT molecular complexity index is 541. The van der Waals surface area contributed by atoms with Crippen molar-refractivity contribution in [2.24, 2.45) is 18.0 Å². The van der Waals surface area contributed by atoms with Crippen molar-refractivity contribution in [3.63, 3.8) is 0 Å². The first kappa shape index (κ1) is 23.1. The Morgan fingerprint density at radius 2 is 1.88 bits per heavy atom. The van der Waals surface area contributed by atoms with Gasteiger partial charge >= 0.3 is 0 Å². The SMILES string of the molecule is Cc1nnc(CN=C(NCCC(C)C)NCCN2CCOCC2)n1C.I. The number of ether oxygens (including phenoxy) is 1. The van der Waals surface area contributed by atoms with E-state index in [2.05, 4.69) is 44.6 Å². The van der Waals surface area contributed by atoms with Crippen LogP contribution in [0.5, 0.6) is 0 Å². The maximum absolute atomic E-state index is 5.39. The molecule has 2 N–H and O–H groups in total. The average molecular weight is 479 g/mol. The smallest absolute Gasteiger partial charge is 0.191 e. The van der Waals surface area contributed by atoms with E-state index in [-0.39, 0.29) is 24.0 Å². The van der Waals surface area contributed by atoms with E-state index in [4.69, 9.17) is 4.74 Å². The lowest BCUT2D eigenvalue weighted by atomic mass is 10.1. The van der Waals surface area contributed by atoms with Crippen molar-refractivity contribution in [1.29, 1.82) is 0 Å². The predicted octanol–water partition coefficient (Wildman–Crippen LogP) is 1.16. The van der Waals surface area contributed by atoms with Crippen molar-refractivity contribution in [2.75, 3.05) is 45.9 Å². The molecule has 1 aromatic rings. The number of morpholine rings is 1. The van der Waals surface area contributed by atoms with Crippen LogP contribution in [0.15, 0.2) is 4.99 Å². The summed E-state index contributed by atoms with van der Waals surface area (Å²) in [6.45, 7) is 13.4. The van der Waals surface area contributed by atoms with Gasteiger partial charge in [-0.3, -0.25) is 4.90 Å². The molecule has 8 nitrogen and oxygen atoms in total. The molecule has 2 rings (SSSR count). The highest BCUT2D eigenvalue weighted by Gasteiger charge is 2.10. The van der Waals surface area contributed by atoms with Gasteiger partial charge in [0.2, 0.25) is 0 Å². The molecule has 1 fully saturated rings. The first-order valence-electron chi connectivity index (χ1n) is 9.23. The van der Waals surface area contributed by atoms with Crippen molar-refractivity contribution in [2.45, 2.75) is 33.7 Å². The Balaban J connectivity index is 0.00000338. The second-order valence-electron chi connectivity index (χ2n) is 6.88. The first-order valence-corrected chi connectivity index (χ1v) is 9.23. The number of guanidine groups is 1. The van der Waals surface area contributed by atoms with E-state index < -0.39 is 0 Å². The summed E-state index contributed by atoms with van der Waals surface area (Å²) in [5, 5.41) is 15.1. The summed E-state index contributed by atoms with van der Waals surface area (Å²) in [4.78, 5) is 7.09. The summed E-state index contributed by atoms with van der Waals surface area (Å²) in [5.41, 5.74) is 0. The second kappa shape index (κ2) is 12.4. The molecule has 0 spiro atoms. The third-order valence-corrected chi connectivity index (χ3v) is 4.40. The highest BCUT2D eigenvalue weighted by Crippen LogP contribution is 2.00. The quantitative estimate of drug-likeness (QED) is 0.331. The van der Waals surface area contributed by atoms with Crippen LogP contribution >= 0.6 is 24.0 Å². The average Bonchev–Trinajstić information content (AvgIpc) is 2.91. The van der Waals surface area contributed by atoms with Gasteiger partial charge in [-0.2, -0.15) is 0 Å². The van der Waals surface area contributed by atoms with Gasteiger partial charge in [-0.1, -0.05) is 13.8 Å². The number of halogens is 1. The first-order chi connectivity index (χ1) is 12.1. The van der Waals surface area contributed by atoms with Crippen molar-refractivity contribution in [1.82, 2.24) is 30.3 Å². The summed E-state index contributed by atoms with van der Waals surface area (Å²) < 4.78 is 7.37. The third-order valence-electron chi connectivity index (χ3n) is 4.40. The molecule has 0 aromatic carbocycles. The van der Waals surface area contributed by atoms with E-state index in [9.17, 15) is 0 Å². The van der Waals surface area contributed by atoms with Gasteiger partial charge in [0.1, 0.15) is 12.4 Å². The van der Waals surface area contributed by atoms with Crippen molar-refractivity contribution < 1.29 is 4.74 Å². The van der Waals surface area contributed by atoms with E-state index in [0.717, 1.165) is 70.0 Å². The van der Waals surface area contributed by atoms with Crippen molar-refractivity contribution >= 4 is 29.9 Å². The van der Waals surface area contributed by atoms with Gasteiger partial charge in [-0.25, -0.2) is 4.99 Å². The minimum absolute atomic E-state index is 0. The Morgan fingerprint density at radius 3 is 2.50 bits per heavy atom. The van der Waals surface area contributed by atoms with E-state index >= 15 is 0 Å². The minimum atomic E-state index is 0. The molecule has 9 heteroatoms. The lowest BCUT2D eigenvalue weighted by Crippen LogP contribution is -2.44. The molecule has 0 atom stereocenters. The molecular formula is C17H34IN7O. The number of nitrogens with one attached hydrogen (secondary N) is 2. The summed E-state index contributed by atoms with van der Waals surface area (Å²) >= 11 is 0. The molecule has 0 radical (unpaired) electrons. The zero-order valence-electron chi connectivity index (χ0n) is 16.5. The number of rotatable bonds is 8. The maximum atomic E-state index is 5.39. The highest BCUT2D eigenvalue weighted by molar-refractivity contribution is 14.0. The van der Waals surface area contributed by atoms with Crippen LogP contribution in [0.3, 0.4) is 0 Å². The molecule has 2 heterocycles. The fraction of sp³-hybridized carbons (Fsp3) is 0.824. The Kier molecular flexibility index (Phi) is 11.1. The van der Waals surface area contributed by atoms with E-state index in [0.29, 0.717) is 12.5 Å². The van der Waals surface area contributed by atoms with Crippen LogP contribution in [-0.4, -0.2) is 71.6 Å². The molecule has 26 heavy (non-hydrogen) atoms. The largest absolute Gasteiger partial charge is 0.379 e. The summed E-state index contributed by atoms with van der Waals surface area (Å²) in [6.07, 6.45) is 1.12. The molecule has 0 aliphatic carbocycles. The van der Waals surface area contributed by atoms with Crippen LogP contribution < -0.4 is 10.6 Å². The number of hydrogen-bond donors (Lipinski definition) is 2. The molecule has 0 saturated carbocycles. The standard InChI is InChI=1S/C17H33N7O.HI/c1-14(2)5-6-18-17(19-7-8-24-9-11-25-12-10-24)20-13-16-22-21-15(3)23(16)4;/h14H,5-13H2,1-4H3,(H2,18,19,20);1H. The van der Waals surface area contributed by atoms with Crippen LogP contribution in [0.2, 0.25) is 0 Å². The molecule has 0 unspecified atom stereocenters. The van der Waals surface area contributed by atoms with Crippen molar-refractivity contribution in [3.05, 3.63) is 11.6 Å². The number of aryl methyl sites for hydroxylation is 1.